The molecule has 180 valence electrons. The number of rotatable bonds is 8. The van der Waals surface area contributed by atoms with Crippen molar-refractivity contribution in [2.24, 2.45) is 0 Å². The zero-order chi connectivity index (χ0) is 23.8. The van der Waals surface area contributed by atoms with Crippen LogP contribution in [-0.4, -0.2) is 74.7 Å². The predicted octanol–water partition coefficient (Wildman–Crippen LogP) is 2.12. The molecule has 2 fully saturated rings. The van der Waals surface area contributed by atoms with E-state index in [2.05, 4.69) is 16.0 Å². The second-order valence-electron chi connectivity index (χ2n) is 8.31. The average molecular weight is 467 g/mol. The van der Waals surface area contributed by atoms with Crippen molar-refractivity contribution in [1.29, 1.82) is 0 Å². The standard InChI is InChI=1S/C25H30N4O5/c30-23(17-26-20-7-5-19(6-8-20)25(32)29-11-14-33-15-12-29)28-21-9-3-18(4-10-21)24(31)27-16-22-2-1-13-34-22/h3-10,22,26H,1-2,11-17H2,(H,27,31)(H,28,30). The van der Waals surface area contributed by atoms with Crippen LogP contribution in [0.1, 0.15) is 33.6 Å². The molecule has 2 aliphatic heterocycles. The Hall–Kier alpha value is -3.43. The minimum Gasteiger partial charge on any atom is -0.378 e. The Bertz CT molecular complexity index is 981. The molecule has 1 atom stereocenters. The van der Waals surface area contributed by atoms with Gasteiger partial charge in [-0.3, -0.25) is 14.4 Å². The van der Waals surface area contributed by atoms with Crippen molar-refractivity contribution >= 4 is 29.1 Å². The number of carbonyl (C=O) groups excluding carboxylic acids is 3. The normalized spacial score (nSPS) is 17.8. The fourth-order valence-corrected chi connectivity index (χ4v) is 3.89. The summed E-state index contributed by atoms with van der Waals surface area (Å²) >= 11 is 0. The lowest BCUT2D eigenvalue weighted by Gasteiger charge is -2.26. The van der Waals surface area contributed by atoms with Gasteiger partial charge in [0.15, 0.2) is 0 Å². The third-order valence-corrected chi connectivity index (χ3v) is 5.83. The van der Waals surface area contributed by atoms with Gasteiger partial charge in [0, 0.05) is 48.7 Å². The molecule has 2 saturated heterocycles. The summed E-state index contributed by atoms with van der Waals surface area (Å²) in [6.07, 6.45) is 2.09. The van der Waals surface area contributed by atoms with Crippen molar-refractivity contribution in [3.63, 3.8) is 0 Å². The fourth-order valence-electron chi connectivity index (χ4n) is 3.89. The molecule has 9 nitrogen and oxygen atoms in total. The molecular formula is C25H30N4O5. The monoisotopic (exact) mass is 466 g/mol. The van der Waals surface area contributed by atoms with E-state index in [1.54, 1.807) is 53.4 Å². The lowest BCUT2D eigenvalue weighted by molar-refractivity contribution is -0.114. The van der Waals surface area contributed by atoms with Crippen molar-refractivity contribution in [2.75, 3.05) is 56.6 Å². The molecule has 0 bridgehead atoms. The van der Waals surface area contributed by atoms with Crippen LogP contribution in [0.3, 0.4) is 0 Å². The molecule has 0 aromatic heterocycles. The van der Waals surface area contributed by atoms with E-state index in [-0.39, 0.29) is 30.4 Å². The Balaban J connectivity index is 1.20. The second kappa shape index (κ2) is 11.6. The molecule has 0 saturated carbocycles. The Kier molecular flexibility index (Phi) is 8.11. The molecule has 9 heteroatoms. The van der Waals surface area contributed by atoms with Crippen molar-refractivity contribution in [3.05, 3.63) is 59.7 Å². The van der Waals surface area contributed by atoms with E-state index in [9.17, 15) is 14.4 Å². The van der Waals surface area contributed by atoms with Crippen molar-refractivity contribution < 1.29 is 23.9 Å². The van der Waals surface area contributed by atoms with Crippen molar-refractivity contribution in [1.82, 2.24) is 10.2 Å². The van der Waals surface area contributed by atoms with Gasteiger partial charge in [-0.1, -0.05) is 0 Å². The summed E-state index contributed by atoms with van der Waals surface area (Å²) in [5, 5.41) is 8.73. The van der Waals surface area contributed by atoms with Crippen LogP contribution >= 0.6 is 0 Å². The number of benzene rings is 2. The van der Waals surface area contributed by atoms with Gasteiger partial charge >= 0.3 is 0 Å². The Morgan fingerprint density at radius 3 is 2.24 bits per heavy atom. The maximum atomic E-state index is 12.5. The first kappa shape index (κ1) is 23.7. The summed E-state index contributed by atoms with van der Waals surface area (Å²) in [6, 6.07) is 13.8. The van der Waals surface area contributed by atoms with E-state index in [4.69, 9.17) is 9.47 Å². The van der Waals surface area contributed by atoms with Crippen LogP contribution in [0.2, 0.25) is 0 Å². The number of hydrogen-bond acceptors (Lipinski definition) is 6. The molecule has 0 aliphatic carbocycles. The van der Waals surface area contributed by atoms with Gasteiger partial charge in [0.05, 0.1) is 25.9 Å². The van der Waals surface area contributed by atoms with E-state index in [1.807, 2.05) is 0 Å². The first-order valence-corrected chi connectivity index (χ1v) is 11.6. The van der Waals surface area contributed by atoms with Gasteiger partial charge in [-0.05, 0) is 61.4 Å². The number of nitrogens with zero attached hydrogens (tertiary/aromatic N) is 1. The van der Waals surface area contributed by atoms with Gasteiger partial charge in [-0.2, -0.15) is 0 Å². The van der Waals surface area contributed by atoms with E-state index in [0.29, 0.717) is 49.7 Å². The van der Waals surface area contributed by atoms with Crippen LogP contribution in [-0.2, 0) is 14.3 Å². The highest BCUT2D eigenvalue weighted by atomic mass is 16.5. The van der Waals surface area contributed by atoms with Gasteiger partial charge in [0.1, 0.15) is 0 Å². The third-order valence-electron chi connectivity index (χ3n) is 5.83. The van der Waals surface area contributed by atoms with Crippen LogP contribution < -0.4 is 16.0 Å². The summed E-state index contributed by atoms with van der Waals surface area (Å²) in [7, 11) is 0. The molecule has 34 heavy (non-hydrogen) atoms. The minimum absolute atomic E-state index is 0.0170. The summed E-state index contributed by atoms with van der Waals surface area (Å²) in [5.41, 5.74) is 2.48. The topological polar surface area (TPSA) is 109 Å². The lowest BCUT2D eigenvalue weighted by Crippen LogP contribution is -2.40. The molecule has 2 aromatic carbocycles. The molecule has 3 N–H and O–H groups in total. The molecule has 2 aliphatic rings. The molecule has 2 aromatic rings. The van der Waals surface area contributed by atoms with Crippen LogP contribution in [0.5, 0.6) is 0 Å². The largest absolute Gasteiger partial charge is 0.378 e. The fraction of sp³-hybridized carbons (Fsp3) is 0.400. The molecule has 2 heterocycles. The molecule has 1 unspecified atom stereocenters. The highest BCUT2D eigenvalue weighted by Gasteiger charge is 2.18. The maximum Gasteiger partial charge on any atom is 0.254 e. The Morgan fingerprint density at radius 2 is 1.56 bits per heavy atom. The van der Waals surface area contributed by atoms with E-state index in [1.165, 1.54) is 0 Å². The van der Waals surface area contributed by atoms with E-state index < -0.39 is 0 Å². The van der Waals surface area contributed by atoms with E-state index >= 15 is 0 Å². The van der Waals surface area contributed by atoms with Crippen LogP contribution in [0.15, 0.2) is 48.5 Å². The predicted molar refractivity (Wildman–Crippen MR) is 128 cm³/mol. The number of ether oxygens (including phenoxy) is 2. The number of carbonyl (C=O) groups is 3. The number of amides is 3. The summed E-state index contributed by atoms with van der Waals surface area (Å²) in [4.78, 5) is 38.8. The van der Waals surface area contributed by atoms with Gasteiger partial charge in [0.25, 0.3) is 11.8 Å². The van der Waals surface area contributed by atoms with Crippen LogP contribution in [0, 0.1) is 0 Å². The Labute approximate surface area is 198 Å². The number of nitrogens with one attached hydrogen (secondary N) is 3. The second-order valence-corrected chi connectivity index (χ2v) is 8.31. The molecular weight excluding hydrogens is 436 g/mol. The average Bonchev–Trinajstić information content (AvgIpc) is 3.41. The van der Waals surface area contributed by atoms with Gasteiger partial charge in [-0.15, -0.1) is 0 Å². The summed E-state index contributed by atoms with van der Waals surface area (Å²) < 4.78 is 10.8. The van der Waals surface area contributed by atoms with Crippen LogP contribution in [0.25, 0.3) is 0 Å². The van der Waals surface area contributed by atoms with Crippen molar-refractivity contribution in [3.8, 4) is 0 Å². The maximum absolute atomic E-state index is 12.5. The van der Waals surface area contributed by atoms with Crippen molar-refractivity contribution in [2.45, 2.75) is 18.9 Å². The number of morpholine rings is 1. The minimum atomic E-state index is -0.218. The number of anilines is 2. The highest BCUT2D eigenvalue weighted by molar-refractivity contribution is 5.97. The summed E-state index contributed by atoms with van der Waals surface area (Å²) in [5.74, 6) is -0.397. The van der Waals surface area contributed by atoms with Gasteiger partial charge < -0.3 is 30.3 Å². The van der Waals surface area contributed by atoms with Crippen LogP contribution in [0.4, 0.5) is 11.4 Å². The van der Waals surface area contributed by atoms with Gasteiger partial charge in [0.2, 0.25) is 5.91 Å². The highest BCUT2D eigenvalue weighted by Crippen LogP contribution is 2.14. The zero-order valence-corrected chi connectivity index (χ0v) is 19.0. The number of hydrogen-bond donors (Lipinski definition) is 3. The SMILES string of the molecule is O=C(CNc1ccc(C(=O)N2CCOCC2)cc1)Nc1ccc(C(=O)NCC2CCCO2)cc1. The van der Waals surface area contributed by atoms with Gasteiger partial charge in [-0.25, -0.2) is 0 Å². The molecule has 0 radical (unpaired) electrons. The lowest BCUT2D eigenvalue weighted by atomic mass is 10.1. The zero-order valence-electron chi connectivity index (χ0n) is 19.0. The molecule has 4 rings (SSSR count). The first-order valence-electron chi connectivity index (χ1n) is 11.6. The molecule has 3 amide bonds. The van der Waals surface area contributed by atoms with E-state index in [0.717, 1.165) is 25.1 Å². The third kappa shape index (κ3) is 6.55. The molecule has 0 spiro atoms. The quantitative estimate of drug-likeness (QED) is 0.550. The first-order chi connectivity index (χ1) is 16.6. The summed E-state index contributed by atoms with van der Waals surface area (Å²) in [6.45, 7) is 3.65. The smallest absolute Gasteiger partial charge is 0.254 e. The Morgan fingerprint density at radius 1 is 0.882 bits per heavy atom.